The zero-order valence-electron chi connectivity index (χ0n) is 7.17. The predicted octanol–water partition coefficient (Wildman–Crippen LogP) is 0.362. The monoisotopic (exact) mass is 177 g/mol. The Hall–Kier alpha value is -1.78. The number of anilines is 1. The van der Waals surface area contributed by atoms with Crippen molar-refractivity contribution in [2.45, 2.75) is 13.1 Å². The van der Waals surface area contributed by atoms with Crippen molar-refractivity contribution in [3.05, 3.63) is 30.7 Å². The van der Waals surface area contributed by atoms with E-state index in [1.807, 2.05) is 23.1 Å². The maximum Gasteiger partial charge on any atom is 0.145 e. The second kappa shape index (κ2) is 3.30. The molecule has 0 bridgehead atoms. The van der Waals surface area contributed by atoms with Crippen LogP contribution in [-0.2, 0) is 13.1 Å². The Morgan fingerprint density at radius 3 is 2.69 bits per heavy atom. The number of nitrogens with zero attached hydrogens (tertiary/aromatic N) is 4. The third-order valence-electron chi connectivity index (χ3n) is 1.78. The Morgan fingerprint density at radius 2 is 2.08 bits per heavy atom. The van der Waals surface area contributed by atoms with E-state index < -0.39 is 0 Å². The van der Waals surface area contributed by atoms with Crippen LogP contribution in [0.2, 0.25) is 0 Å². The SMILES string of the molecule is Nc1ccn(CCn2cccn2)n1. The van der Waals surface area contributed by atoms with Crippen molar-refractivity contribution < 1.29 is 0 Å². The van der Waals surface area contributed by atoms with Gasteiger partial charge in [0.2, 0.25) is 0 Å². The number of hydrogen-bond acceptors (Lipinski definition) is 3. The van der Waals surface area contributed by atoms with Gasteiger partial charge in [0.1, 0.15) is 5.82 Å². The molecule has 0 atom stereocenters. The van der Waals surface area contributed by atoms with E-state index >= 15 is 0 Å². The van der Waals surface area contributed by atoms with Gasteiger partial charge in [-0.25, -0.2) is 0 Å². The van der Waals surface area contributed by atoms with Gasteiger partial charge in [-0.2, -0.15) is 10.2 Å². The van der Waals surface area contributed by atoms with Crippen LogP contribution >= 0.6 is 0 Å². The molecule has 5 nitrogen and oxygen atoms in total. The molecule has 13 heavy (non-hydrogen) atoms. The van der Waals surface area contributed by atoms with Crippen LogP contribution in [0, 0.1) is 0 Å². The van der Waals surface area contributed by atoms with Crippen molar-refractivity contribution in [3.63, 3.8) is 0 Å². The number of aromatic nitrogens is 4. The average molecular weight is 177 g/mol. The minimum atomic E-state index is 0.556. The highest BCUT2D eigenvalue weighted by Crippen LogP contribution is 1.96. The number of nitrogens with two attached hydrogens (primary N) is 1. The lowest BCUT2D eigenvalue weighted by Crippen LogP contribution is -2.08. The molecule has 0 spiro atoms. The molecule has 0 aromatic carbocycles. The normalized spacial score (nSPS) is 10.5. The van der Waals surface area contributed by atoms with Crippen molar-refractivity contribution in [2.24, 2.45) is 0 Å². The van der Waals surface area contributed by atoms with Crippen LogP contribution < -0.4 is 5.73 Å². The van der Waals surface area contributed by atoms with E-state index in [1.54, 1.807) is 16.9 Å². The minimum absolute atomic E-state index is 0.556. The Kier molecular flexibility index (Phi) is 1.99. The quantitative estimate of drug-likeness (QED) is 0.736. The first-order chi connectivity index (χ1) is 6.34. The molecule has 0 aliphatic rings. The molecule has 68 valence electrons. The van der Waals surface area contributed by atoms with Crippen LogP contribution in [-0.4, -0.2) is 19.6 Å². The minimum Gasteiger partial charge on any atom is -0.382 e. The third-order valence-corrected chi connectivity index (χ3v) is 1.78. The molecule has 2 heterocycles. The molecule has 0 saturated heterocycles. The summed E-state index contributed by atoms with van der Waals surface area (Å²) < 4.78 is 3.66. The van der Waals surface area contributed by atoms with E-state index in [4.69, 9.17) is 5.73 Å². The van der Waals surface area contributed by atoms with Crippen LogP contribution in [0.5, 0.6) is 0 Å². The molecule has 2 aromatic heterocycles. The Labute approximate surface area is 75.8 Å². The highest BCUT2D eigenvalue weighted by atomic mass is 15.3. The topological polar surface area (TPSA) is 61.7 Å². The highest BCUT2D eigenvalue weighted by Gasteiger charge is 1.94. The van der Waals surface area contributed by atoms with Crippen LogP contribution in [0.1, 0.15) is 0 Å². The molecule has 5 heteroatoms. The summed E-state index contributed by atoms with van der Waals surface area (Å²) in [7, 11) is 0. The van der Waals surface area contributed by atoms with Crippen LogP contribution in [0.3, 0.4) is 0 Å². The molecule has 2 aromatic rings. The molecular weight excluding hydrogens is 166 g/mol. The van der Waals surface area contributed by atoms with Crippen molar-refractivity contribution in [1.29, 1.82) is 0 Å². The van der Waals surface area contributed by atoms with Gasteiger partial charge in [-0.1, -0.05) is 0 Å². The summed E-state index contributed by atoms with van der Waals surface area (Å²) in [6.07, 6.45) is 5.54. The van der Waals surface area contributed by atoms with Crippen LogP contribution in [0.4, 0.5) is 5.82 Å². The van der Waals surface area contributed by atoms with Gasteiger partial charge in [-0.3, -0.25) is 9.36 Å². The van der Waals surface area contributed by atoms with E-state index in [1.165, 1.54) is 0 Å². The maximum absolute atomic E-state index is 5.47. The molecule has 0 radical (unpaired) electrons. The van der Waals surface area contributed by atoms with E-state index in [-0.39, 0.29) is 0 Å². The number of nitrogen functional groups attached to an aromatic ring is 1. The summed E-state index contributed by atoms with van der Waals surface area (Å²) in [4.78, 5) is 0. The van der Waals surface area contributed by atoms with Crippen molar-refractivity contribution >= 4 is 5.82 Å². The van der Waals surface area contributed by atoms with Gasteiger partial charge in [-0.05, 0) is 12.1 Å². The second-order valence-electron chi connectivity index (χ2n) is 2.77. The number of rotatable bonds is 3. The van der Waals surface area contributed by atoms with Crippen molar-refractivity contribution in [1.82, 2.24) is 19.6 Å². The van der Waals surface area contributed by atoms with E-state index in [2.05, 4.69) is 10.2 Å². The lowest BCUT2D eigenvalue weighted by atomic mass is 10.6. The largest absolute Gasteiger partial charge is 0.382 e. The molecule has 0 aliphatic heterocycles. The zero-order chi connectivity index (χ0) is 9.10. The first kappa shape index (κ1) is 7.85. The Bertz CT molecular complexity index is 362. The summed E-state index contributed by atoms with van der Waals surface area (Å²) in [5.74, 6) is 0.556. The Balaban J connectivity index is 1.93. The summed E-state index contributed by atoms with van der Waals surface area (Å²) in [5.41, 5.74) is 5.47. The van der Waals surface area contributed by atoms with Crippen LogP contribution in [0.25, 0.3) is 0 Å². The zero-order valence-corrected chi connectivity index (χ0v) is 7.17. The average Bonchev–Trinajstić information content (AvgIpc) is 2.71. The van der Waals surface area contributed by atoms with Gasteiger partial charge in [0.05, 0.1) is 13.1 Å². The lowest BCUT2D eigenvalue weighted by Gasteiger charge is -2.00. The van der Waals surface area contributed by atoms with Crippen LogP contribution in [0.15, 0.2) is 30.7 Å². The first-order valence-corrected chi connectivity index (χ1v) is 4.11. The first-order valence-electron chi connectivity index (χ1n) is 4.11. The summed E-state index contributed by atoms with van der Waals surface area (Å²) in [5, 5.41) is 8.15. The summed E-state index contributed by atoms with van der Waals surface area (Å²) in [6, 6.07) is 3.68. The molecule has 0 saturated carbocycles. The van der Waals surface area contributed by atoms with E-state index in [0.29, 0.717) is 5.82 Å². The fourth-order valence-electron chi connectivity index (χ4n) is 1.14. The smallest absolute Gasteiger partial charge is 0.145 e. The van der Waals surface area contributed by atoms with Gasteiger partial charge in [-0.15, -0.1) is 0 Å². The van der Waals surface area contributed by atoms with Gasteiger partial charge in [0.15, 0.2) is 0 Å². The molecule has 0 fully saturated rings. The molecule has 0 unspecified atom stereocenters. The van der Waals surface area contributed by atoms with E-state index in [9.17, 15) is 0 Å². The highest BCUT2D eigenvalue weighted by molar-refractivity contribution is 5.23. The van der Waals surface area contributed by atoms with Crippen molar-refractivity contribution in [2.75, 3.05) is 5.73 Å². The fourth-order valence-corrected chi connectivity index (χ4v) is 1.14. The third kappa shape index (κ3) is 1.87. The molecule has 0 amide bonds. The molecule has 2 N–H and O–H groups in total. The summed E-state index contributed by atoms with van der Waals surface area (Å²) >= 11 is 0. The standard InChI is InChI=1S/C8H11N5/c9-8-2-5-13(11-8)7-6-12-4-1-3-10-12/h1-5H,6-7H2,(H2,9,11). The molecule has 0 aliphatic carbocycles. The lowest BCUT2D eigenvalue weighted by molar-refractivity contribution is 0.501. The van der Waals surface area contributed by atoms with Gasteiger partial charge in [0.25, 0.3) is 0 Å². The van der Waals surface area contributed by atoms with Gasteiger partial charge in [0, 0.05) is 18.6 Å². The summed E-state index contributed by atoms with van der Waals surface area (Å²) in [6.45, 7) is 1.60. The van der Waals surface area contributed by atoms with Gasteiger partial charge >= 0.3 is 0 Å². The number of hydrogen-bond donors (Lipinski definition) is 1. The maximum atomic E-state index is 5.47. The number of aryl methyl sites for hydroxylation is 2. The van der Waals surface area contributed by atoms with Gasteiger partial charge < -0.3 is 5.73 Å². The van der Waals surface area contributed by atoms with E-state index in [0.717, 1.165) is 13.1 Å². The predicted molar refractivity (Wildman–Crippen MR) is 48.9 cm³/mol. The Morgan fingerprint density at radius 1 is 1.23 bits per heavy atom. The fraction of sp³-hybridized carbons (Fsp3) is 0.250. The second-order valence-corrected chi connectivity index (χ2v) is 2.77. The molecular formula is C8H11N5. The van der Waals surface area contributed by atoms with Crippen molar-refractivity contribution in [3.8, 4) is 0 Å². The molecule has 2 rings (SSSR count).